The van der Waals surface area contributed by atoms with E-state index in [0.717, 1.165) is 23.2 Å². The molecule has 2 atom stereocenters. The Kier molecular flexibility index (Phi) is 5.96. The molecule has 1 aromatic carbocycles. The van der Waals surface area contributed by atoms with Gasteiger partial charge in [0.25, 0.3) is 0 Å². The predicted molar refractivity (Wildman–Crippen MR) is 109 cm³/mol. The zero-order chi connectivity index (χ0) is 20.6. The van der Waals surface area contributed by atoms with Crippen LogP contribution < -0.4 is 15.5 Å². The van der Waals surface area contributed by atoms with Crippen LogP contribution in [0.1, 0.15) is 64.3 Å². The Bertz CT molecular complexity index is 743. The summed E-state index contributed by atoms with van der Waals surface area (Å²) in [7, 11) is -0.472. The van der Waals surface area contributed by atoms with Gasteiger partial charge in [0.15, 0.2) is 0 Å². The average molecular weight is 389 g/mol. The lowest BCUT2D eigenvalue weighted by Crippen LogP contribution is -2.36. The Morgan fingerprint density at radius 1 is 1.36 bits per heavy atom. The summed E-state index contributed by atoms with van der Waals surface area (Å²) in [5.41, 5.74) is 3.94. The van der Waals surface area contributed by atoms with Crippen molar-refractivity contribution < 1.29 is 23.6 Å². The molecule has 2 aliphatic heterocycles. The largest absolute Gasteiger partial charge is 0.498 e. The maximum absolute atomic E-state index is 12.1. The van der Waals surface area contributed by atoms with E-state index in [2.05, 4.69) is 32.2 Å². The predicted octanol–water partition coefficient (Wildman–Crippen LogP) is 3.28. The molecule has 1 N–H and O–H groups in total. The molecule has 28 heavy (non-hydrogen) atoms. The van der Waals surface area contributed by atoms with Gasteiger partial charge < -0.3 is 24.1 Å². The molecular weight excluding hydrogens is 357 g/mol. The minimum atomic E-state index is -0.540. The van der Waals surface area contributed by atoms with Crippen LogP contribution in [-0.4, -0.2) is 38.1 Å². The molecule has 3 rings (SSSR count). The van der Waals surface area contributed by atoms with Crippen molar-refractivity contribution in [3.05, 3.63) is 22.8 Å². The summed E-state index contributed by atoms with van der Waals surface area (Å²) >= 11 is 0. The smallest absolute Gasteiger partial charge is 0.491 e. The second-order valence-corrected chi connectivity index (χ2v) is 9.18. The van der Waals surface area contributed by atoms with Gasteiger partial charge in [0.05, 0.1) is 12.2 Å². The van der Waals surface area contributed by atoms with Crippen LogP contribution in [0.5, 0.6) is 5.75 Å². The highest BCUT2D eigenvalue weighted by molar-refractivity contribution is 6.64. The molecule has 2 aliphatic rings. The van der Waals surface area contributed by atoms with Crippen molar-refractivity contribution >= 4 is 18.7 Å². The number of alkyl carbamates (subject to hydrolysis) is 1. The second kappa shape index (κ2) is 7.95. The van der Waals surface area contributed by atoms with E-state index in [4.69, 9.17) is 18.8 Å². The first kappa shape index (κ1) is 21.0. The second-order valence-electron chi connectivity index (χ2n) is 9.18. The third-order valence-electron chi connectivity index (χ3n) is 4.88. The van der Waals surface area contributed by atoms with E-state index < -0.39 is 18.8 Å². The molecule has 0 fully saturated rings. The number of rotatable bonds is 4. The molecule has 1 aromatic rings. The van der Waals surface area contributed by atoms with Gasteiger partial charge in [0.1, 0.15) is 18.0 Å². The lowest BCUT2D eigenvalue weighted by atomic mass is 9.75. The van der Waals surface area contributed by atoms with Gasteiger partial charge >= 0.3 is 13.2 Å². The zero-order valence-corrected chi connectivity index (χ0v) is 18.0. The summed E-state index contributed by atoms with van der Waals surface area (Å²) in [5.74, 6) is 1.37. The molecule has 0 aromatic heterocycles. The summed E-state index contributed by atoms with van der Waals surface area (Å²) in [6.45, 7) is 14.9. The summed E-state index contributed by atoms with van der Waals surface area (Å²) in [6.07, 6.45) is 0.141. The zero-order valence-electron chi connectivity index (χ0n) is 18.0. The molecule has 0 radical (unpaired) electrons. The number of nitrogens with one attached hydrogen (secondary N) is 1. The molecule has 6 nitrogen and oxygen atoms in total. The van der Waals surface area contributed by atoms with Crippen LogP contribution >= 0.6 is 0 Å². The summed E-state index contributed by atoms with van der Waals surface area (Å²) in [5, 5.41) is 2.84. The fourth-order valence-electron chi connectivity index (χ4n) is 3.76. The van der Waals surface area contributed by atoms with E-state index in [1.807, 2.05) is 27.7 Å². The van der Waals surface area contributed by atoms with Crippen molar-refractivity contribution in [1.82, 2.24) is 5.32 Å². The number of carbonyl (C=O) groups excluding carboxylic acids is 1. The van der Waals surface area contributed by atoms with Gasteiger partial charge in [-0.2, -0.15) is 0 Å². The Balaban J connectivity index is 1.90. The summed E-state index contributed by atoms with van der Waals surface area (Å²) in [6, 6.07) is 2.13. The molecule has 1 amide bonds. The Hall–Kier alpha value is -1.73. The molecule has 2 unspecified atom stereocenters. The molecule has 7 heteroatoms. The first-order valence-corrected chi connectivity index (χ1v) is 10.1. The van der Waals surface area contributed by atoms with E-state index in [1.54, 1.807) is 0 Å². The topological polar surface area (TPSA) is 66.0 Å². The van der Waals surface area contributed by atoms with E-state index in [9.17, 15) is 4.79 Å². The minimum Gasteiger partial charge on any atom is -0.491 e. The highest BCUT2D eigenvalue weighted by Crippen LogP contribution is 2.36. The highest BCUT2D eigenvalue weighted by Gasteiger charge is 2.44. The Morgan fingerprint density at radius 3 is 2.71 bits per heavy atom. The van der Waals surface area contributed by atoms with Crippen LogP contribution in [0.15, 0.2) is 6.07 Å². The molecule has 2 heterocycles. The Labute approximate surface area is 168 Å². The van der Waals surface area contributed by atoms with Crippen LogP contribution in [0.3, 0.4) is 0 Å². The number of carbonyl (C=O) groups is 1. The van der Waals surface area contributed by atoms with Gasteiger partial charge in [-0.05, 0) is 69.7 Å². The highest BCUT2D eigenvalue weighted by atomic mass is 16.6. The van der Waals surface area contributed by atoms with Crippen LogP contribution in [-0.2, 0) is 20.5 Å². The quantitative estimate of drug-likeness (QED) is 0.801. The van der Waals surface area contributed by atoms with Crippen LogP contribution in [0.25, 0.3) is 0 Å². The number of benzene rings is 1. The van der Waals surface area contributed by atoms with Crippen LogP contribution in [0.4, 0.5) is 4.79 Å². The fourth-order valence-corrected chi connectivity index (χ4v) is 3.76. The standard InChI is InChI=1S/C21H32BNO5/c1-12(2)8-15-9-16-19-18(14(15)4)17(10-23-20(24)26-21(5,6)7)28-22(19)27-13(3)11-25-16/h9,12-13,17H,8,10-11H2,1-7H3,(H,23,24). The molecule has 0 aliphatic carbocycles. The van der Waals surface area contributed by atoms with Crippen molar-refractivity contribution in [2.45, 2.75) is 72.7 Å². The van der Waals surface area contributed by atoms with Crippen LogP contribution in [0.2, 0.25) is 0 Å². The van der Waals surface area contributed by atoms with Crippen molar-refractivity contribution in [1.29, 1.82) is 0 Å². The van der Waals surface area contributed by atoms with Crippen molar-refractivity contribution in [3.63, 3.8) is 0 Å². The van der Waals surface area contributed by atoms with Gasteiger partial charge in [-0.3, -0.25) is 0 Å². The third-order valence-corrected chi connectivity index (χ3v) is 4.88. The molecular formula is C21H32BNO5. The van der Waals surface area contributed by atoms with E-state index in [-0.39, 0.29) is 12.2 Å². The van der Waals surface area contributed by atoms with E-state index >= 15 is 0 Å². The molecule has 154 valence electrons. The van der Waals surface area contributed by atoms with Crippen molar-refractivity contribution in [2.75, 3.05) is 13.2 Å². The summed E-state index contributed by atoms with van der Waals surface area (Å²) < 4.78 is 23.7. The first-order chi connectivity index (χ1) is 13.0. The van der Waals surface area contributed by atoms with Gasteiger partial charge in [-0.15, -0.1) is 0 Å². The average Bonchev–Trinajstić information content (AvgIpc) is 2.83. The molecule has 0 bridgehead atoms. The van der Waals surface area contributed by atoms with Crippen molar-refractivity contribution in [3.8, 4) is 5.75 Å². The van der Waals surface area contributed by atoms with Gasteiger partial charge in [-0.1, -0.05) is 13.8 Å². The Morgan fingerprint density at radius 2 is 2.07 bits per heavy atom. The normalized spacial score (nSPS) is 21.2. The maximum atomic E-state index is 12.1. The first-order valence-electron chi connectivity index (χ1n) is 10.1. The van der Waals surface area contributed by atoms with E-state index in [1.165, 1.54) is 11.1 Å². The van der Waals surface area contributed by atoms with Gasteiger partial charge in [0, 0.05) is 12.0 Å². The molecule has 0 saturated heterocycles. The van der Waals surface area contributed by atoms with Gasteiger partial charge in [0.2, 0.25) is 0 Å². The monoisotopic (exact) mass is 389 g/mol. The number of hydrogen-bond acceptors (Lipinski definition) is 5. The lowest BCUT2D eigenvalue weighted by Gasteiger charge is -2.23. The molecule has 0 saturated carbocycles. The summed E-state index contributed by atoms with van der Waals surface area (Å²) in [4.78, 5) is 12.1. The SMILES string of the molecule is Cc1c(CC(C)C)cc2c3c1C(CNC(=O)OC(C)(C)C)OB3OC(C)CO2. The minimum absolute atomic E-state index is 0.0725. The lowest BCUT2D eigenvalue weighted by molar-refractivity contribution is 0.0485. The number of ether oxygens (including phenoxy) is 2. The number of hydrogen-bond donors (Lipinski definition) is 1. The van der Waals surface area contributed by atoms with Crippen LogP contribution in [0, 0.1) is 12.8 Å². The molecule has 0 spiro atoms. The number of amides is 1. The van der Waals surface area contributed by atoms with E-state index in [0.29, 0.717) is 19.1 Å². The van der Waals surface area contributed by atoms with Gasteiger partial charge in [-0.25, -0.2) is 4.79 Å². The third kappa shape index (κ3) is 4.63. The maximum Gasteiger partial charge on any atom is 0.498 e. The fraction of sp³-hybridized carbons (Fsp3) is 0.667. The van der Waals surface area contributed by atoms with Crippen molar-refractivity contribution in [2.24, 2.45) is 5.92 Å².